The third-order valence-electron chi connectivity index (χ3n) is 3.56. The van der Waals surface area contributed by atoms with E-state index in [1.165, 1.54) is 6.92 Å². The summed E-state index contributed by atoms with van der Waals surface area (Å²) in [5, 5.41) is 2.95. The average molecular weight is 311 g/mol. The van der Waals surface area contributed by atoms with Crippen LogP contribution in [0.25, 0.3) is 0 Å². The second-order valence-electron chi connectivity index (χ2n) is 5.91. The van der Waals surface area contributed by atoms with Gasteiger partial charge in [-0.05, 0) is 38.5 Å². The van der Waals surface area contributed by atoms with Gasteiger partial charge in [0.25, 0.3) is 5.91 Å². The number of rotatable bonds is 6. The lowest BCUT2D eigenvalue weighted by Gasteiger charge is -2.27. The number of amides is 1. The van der Waals surface area contributed by atoms with Crippen LogP contribution in [-0.2, 0) is 10.3 Å². The molecule has 0 saturated carbocycles. The fourth-order valence-corrected chi connectivity index (χ4v) is 2.27. The zero-order chi connectivity index (χ0) is 16.9. The third kappa shape index (κ3) is 4.68. The Morgan fingerprint density at radius 3 is 2.39 bits per heavy atom. The summed E-state index contributed by atoms with van der Waals surface area (Å²) in [6, 6.07) is 16.6. The first-order valence-corrected chi connectivity index (χ1v) is 7.49. The highest BCUT2D eigenvalue weighted by Gasteiger charge is 2.22. The van der Waals surface area contributed by atoms with E-state index >= 15 is 0 Å². The topological polar surface area (TPSA) is 55.4 Å². The van der Waals surface area contributed by atoms with E-state index < -0.39 is 5.54 Å². The molecular weight excluding hydrogens is 290 g/mol. The molecule has 2 aromatic rings. The lowest BCUT2D eigenvalue weighted by molar-refractivity contribution is -0.124. The van der Waals surface area contributed by atoms with E-state index in [4.69, 9.17) is 4.74 Å². The minimum atomic E-state index is -0.483. The Bertz CT molecular complexity index is 693. The predicted molar refractivity (Wildman–Crippen MR) is 89.6 cm³/mol. The van der Waals surface area contributed by atoms with Crippen molar-refractivity contribution in [2.45, 2.75) is 26.3 Å². The van der Waals surface area contributed by atoms with Gasteiger partial charge in [0.05, 0.1) is 5.54 Å². The van der Waals surface area contributed by atoms with E-state index in [1.54, 1.807) is 24.3 Å². The first kappa shape index (κ1) is 16.7. The van der Waals surface area contributed by atoms with E-state index in [1.807, 2.05) is 44.2 Å². The first-order valence-electron chi connectivity index (χ1n) is 7.49. The highest BCUT2D eigenvalue weighted by Crippen LogP contribution is 2.19. The van der Waals surface area contributed by atoms with Crippen molar-refractivity contribution in [3.05, 3.63) is 65.7 Å². The van der Waals surface area contributed by atoms with Crippen LogP contribution < -0.4 is 10.1 Å². The molecule has 23 heavy (non-hydrogen) atoms. The maximum absolute atomic E-state index is 12.1. The largest absolute Gasteiger partial charge is 0.484 e. The number of carbonyl (C=O) groups is 2. The van der Waals surface area contributed by atoms with Gasteiger partial charge in [0.15, 0.2) is 12.4 Å². The number of nitrogens with one attached hydrogen (secondary N) is 1. The van der Waals surface area contributed by atoms with Crippen LogP contribution in [0.1, 0.15) is 36.7 Å². The van der Waals surface area contributed by atoms with Crippen molar-refractivity contribution in [2.75, 3.05) is 6.61 Å². The molecule has 0 unspecified atom stereocenters. The van der Waals surface area contributed by atoms with Crippen LogP contribution in [-0.4, -0.2) is 18.3 Å². The van der Waals surface area contributed by atoms with Crippen molar-refractivity contribution in [3.63, 3.8) is 0 Å². The quantitative estimate of drug-likeness (QED) is 0.833. The van der Waals surface area contributed by atoms with Crippen molar-refractivity contribution in [3.8, 4) is 5.75 Å². The van der Waals surface area contributed by atoms with Crippen LogP contribution in [0, 0.1) is 0 Å². The molecule has 4 heteroatoms. The Morgan fingerprint density at radius 2 is 1.74 bits per heavy atom. The molecule has 0 saturated heterocycles. The molecule has 2 rings (SSSR count). The van der Waals surface area contributed by atoms with Gasteiger partial charge in [0.1, 0.15) is 5.75 Å². The van der Waals surface area contributed by atoms with Crippen LogP contribution in [0.2, 0.25) is 0 Å². The van der Waals surface area contributed by atoms with Gasteiger partial charge >= 0.3 is 0 Å². The first-order chi connectivity index (χ1) is 10.9. The Balaban J connectivity index is 1.95. The minimum Gasteiger partial charge on any atom is -0.484 e. The molecule has 2 aromatic carbocycles. The van der Waals surface area contributed by atoms with Gasteiger partial charge in [-0.3, -0.25) is 9.59 Å². The Kier molecular flexibility index (Phi) is 5.16. The second kappa shape index (κ2) is 7.09. The van der Waals surface area contributed by atoms with Crippen LogP contribution >= 0.6 is 0 Å². The van der Waals surface area contributed by atoms with Crippen LogP contribution in [0.5, 0.6) is 5.75 Å². The van der Waals surface area contributed by atoms with Gasteiger partial charge in [-0.2, -0.15) is 0 Å². The molecule has 0 aromatic heterocycles. The number of hydrogen-bond donors (Lipinski definition) is 1. The van der Waals surface area contributed by atoms with Crippen molar-refractivity contribution in [2.24, 2.45) is 0 Å². The summed E-state index contributed by atoms with van der Waals surface area (Å²) in [5.41, 5.74) is 1.10. The van der Waals surface area contributed by atoms with Gasteiger partial charge in [0.2, 0.25) is 0 Å². The summed E-state index contributed by atoms with van der Waals surface area (Å²) in [4.78, 5) is 23.5. The smallest absolute Gasteiger partial charge is 0.258 e. The molecule has 0 aliphatic carbocycles. The molecule has 0 bridgehead atoms. The van der Waals surface area contributed by atoms with Crippen LogP contribution in [0.3, 0.4) is 0 Å². The maximum atomic E-state index is 12.1. The molecule has 0 heterocycles. The number of carbonyl (C=O) groups excluding carboxylic acids is 2. The molecule has 0 atom stereocenters. The number of benzene rings is 2. The van der Waals surface area contributed by atoms with Gasteiger partial charge in [-0.25, -0.2) is 0 Å². The minimum absolute atomic E-state index is 0.0369. The van der Waals surface area contributed by atoms with Crippen molar-refractivity contribution in [1.82, 2.24) is 5.32 Å². The standard InChI is InChI=1S/C19H21NO3/c1-14(21)15-8-7-11-17(12-15)23-13-18(22)20-19(2,3)16-9-5-4-6-10-16/h4-12H,13H2,1-3H3,(H,20,22). The second-order valence-corrected chi connectivity index (χ2v) is 5.91. The molecule has 0 aliphatic heterocycles. The normalized spacial score (nSPS) is 10.9. The Morgan fingerprint density at radius 1 is 1.04 bits per heavy atom. The van der Waals surface area contributed by atoms with Gasteiger partial charge in [-0.1, -0.05) is 42.5 Å². The summed E-state index contributed by atoms with van der Waals surface area (Å²) in [6.07, 6.45) is 0. The van der Waals surface area contributed by atoms with E-state index in [0.717, 1.165) is 5.56 Å². The number of Topliss-reactive ketones (excluding diaryl/α,β-unsaturated/α-hetero) is 1. The predicted octanol–water partition coefficient (Wildman–Crippen LogP) is 3.32. The van der Waals surface area contributed by atoms with Gasteiger partial charge in [0, 0.05) is 5.56 Å². The molecule has 0 spiro atoms. The van der Waals surface area contributed by atoms with Crippen molar-refractivity contribution in [1.29, 1.82) is 0 Å². The lowest BCUT2D eigenvalue weighted by atomic mass is 9.94. The van der Waals surface area contributed by atoms with Crippen molar-refractivity contribution >= 4 is 11.7 Å². The zero-order valence-electron chi connectivity index (χ0n) is 13.6. The van der Waals surface area contributed by atoms with E-state index in [9.17, 15) is 9.59 Å². The number of hydrogen-bond acceptors (Lipinski definition) is 3. The fourth-order valence-electron chi connectivity index (χ4n) is 2.27. The molecule has 120 valence electrons. The van der Waals surface area contributed by atoms with Crippen LogP contribution in [0.15, 0.2) is 54.6 Å². The summed E-state index contributed by atoms with van der Waals surface area (Å²) in [7, 11) is 0. The molecular formula is C19H21NO3. The monoisotopic (exact) mass is 311 g/mol. The fraction of sp³-hybridized carbons (Fsp3) is 0.263. The third-order valence-corrected chi connectivity index (χ3v) is 3.56. The summed E-state index contributed by atoms with van der Waals surface area (Å²) in [6.45, 7) is 5.28. The summed E-state index contributed by atoms with van der Waals surface area (Å²) < 4.78 is 5.48. The Hall–Kier alpha value is -2.62. The lowest BCUT2D eigenvalue weighted by Crippen LogP contribution is -2.43. The molecule has 0 radical (unpaired) electrons. The maximum Gasteiger partial charge on any atom is 0.258 e. The molecule has 0 fully saturated rings. The van der Waals surface area contributed by atoms with Crippen molar-refractivity contribution < 1.29 is 14.3 Å². The summed E-state index contributed by atoms with van der Waals surface area (Å²) in [5.74, 6) is 0.252. The van der Waals surface area contributed by atoms with Crippen LogP contribution in [0.4, 0.5) is 0 Å². The summed E-state index contributed by atoms with van der Waals surface area (Å²) >= 11 is 0. The van der Waals surface area contributed by atoms with E-state index in [0.29, 0.717) is 11.3 Å². The molecule has 1 N–H and O–H groups in total. The average Bonchev–Trinajstić information content (AvgIpc) is 2.53. The van der Waals surface area contributed by atoms with Gasteiger partial charge in [-0.15, -0.1) is 0 Å². The Labute approximate surface area is 136 Å². The highest BCUT2D eigenvalue weighted by molar-refractivity contribution is 5.94. The number of ketones is 1. The molecule has 0 aliphatic rings. The SMILES string of the molecule is CC(=O)c1cccc(OCC(=O)NC(C)(C)c2ccccc2)c1. The van der Waals surface area contributed by atoms with Gasteiger partial charge < -0.3 is 10.1 Å². The molecule has 1 amide bonds. The number of ether oxygens (including phenoxy) is 1. The zero-order valence-corrected chi connectivity index (χ0v) is 13.6. The highest BCUT2D eigenvalue weighted by atomic mass is 16.5. The van der Waals surface area contributed by atoms with E-state index in [-0.39, 0.29) is 18.3 Å². The van der Waals surface area contributed by atoms with E-state index in [2.05, 4.69) is 5.32 Å². The molecule has 4 nitrogen and oxygen atoms in total.